The summed E-state index contributed by atoms with van der Waals surface area (Å²) in [6, 6.07) is 15.3. The van der Waals surface area contributed by atoms with Gasteiger partial charge in [0.2, 0.25) is 0 Å². The molecule has 0 fully saturated rings. The molecule has 0 aliphatic rings. The third-order valence-electron chi connectivity index (χ3n) is 4.02. The average Bonchev–Trinajstić information content (AvgIpc) is 2.68. The predicted octanol–water partition coefficient (Wildman–Crippen LogP) is 2.91. The van der Waals surface area contributed by atoms with Crippen LogP contribution in [0.15, 0.2) is 60.7 Å². The quantitative estimate of drug-likeness (QED) is 0.618. The lowest BCUT2D eigenvalue weighted by Crippen LogP contribution is -2.37. The highest BCUT2D eigenvalue weighted by molar-refractivity contribution is 6.39. The predicted molar refractivity (Wildman–Crippen MR) is 96.9 cm³/mol. The summed E-state index contributed by atoms with van der Waals surface area (Å²) in [5.74, 6) is -3.85. The first-order valence-electron chi connectivity index (χ1n) is 8.15. The number of anilines is 1. The monoisotopic (exact) mass is 370 g/mol. The fourth-order valence-corrected chi connectivity index (χ4v) is 2.69. The number of hydrogen-bond donors (Lipinski definition) is 3. The van der Waals surface area contributed by atoms with Crippen molar-refractivity contribution in [1.82, 2.24) is 5.32 Å². The van der Waals surface area contributed by atoms with Crippen LogP contribution in [0.25, 0.3) is 10.8 Å². The lowest BCUT2D eigenvalue weighted by Gasteiger charge is -2.14. The van der Waals surface area contributed by atoms with Crippen molar-refractivity contribution in [2.24, 2.45) is 0 Å². The maximum Gasteiger partial charge on any atom is 0.313 e. The summed E-state index contributed by atoms with van der Waals surface area (Å²) in [5.41, 5.74) is 0.162. The van der Waals surface area contributed by atoms with Gasteiger partial charge in [0.25, 0.3) is 0 Å². The average molecular weight is 370 g/mol. The third kappa shape index (κ3) is 4.27. The molecule has 0 saturated carbocycles. The minimum Gasteiger partial charge on any atom is -0.387 e. The number of aliphatic hydroxyl groups is 1. The van der Waals surface area contributed by atoms with Crippen molar-refractivity contribution >= 4 is 28.3 Å². The van der Waals surface area contributed by atoms with E-state index in [1.165, 1.54) is 0 Å². The van der Waals surface area contributed by atoms with E-state index in [0.717, 1.165) is 29.0 Å². The van der Waals surface area contributed by atoms with Gasteiger partial charge >= 0.3 is 11.8 Å². The summed E-state index contributed by atoms with van der Waals surface area (Å²) in [6.45, 7) is -0.216. The number of hydrogen-bond acceptors (Lipinski definition) is 3. The van der Waals surface area contributed by atoms with Gasteiger partial charge in [0.1, 0.15) is 11.6 Å². The molecule has 1 atom stereocenters. The Kier molecular flexibility index (Phi) is 5.42. The molecule has 3 N–H and O–H groups in total. The zero-order valence-corrected chi connectivity index (χ0v) is 14.1. The molecule has 0 spiro atoms. The first-order valence-corrected chi connectivity index (χ1v) is 8.15. The fraction of sp³-hybridized carbons (Fsp3) is 0.100. The van der Waals surface area contributed by atoms with Crippen LogP contribution in [0, 0.1) is 11.6 Å². The van der Waals surface area contributed by atoms with Gasteiger partial charge in [-0.1, -0.05) is 42.5 Å². The van der Waals surface area contributed by atoms with Gasteiger partial charge in [0.15, 0.2) is 0 Å². The Morgan fingerprint density at radius 3 is 2.52 bits per heavy atom. The molecule has 0 saturated heterocycles. The zero-order valence-electron chi connectivity index (χ0n) is 14.1. The zero-order chi connectivity index (χ0) is 19.4. The fourth-order valence-electron chi connectivity index (χ4n) is 2.69. The van der Waals surface area contributed by atoms with E-state index in [9.17, 15) is 23.5 Å². The molecule has 138 valence electrons. The Balaban J connectivity index is 1.64. The van der Waals surface area contributed by atoms with Crippen LogP contribution in [-0.4, -0.2) is 23.5 Å². The molecular weight excluding hydrogens is 354 g/mol. The van der Waals surface area contributed by atoms with Gasteiger partial charge in [-0.25, -0.2) is 8.78 Å². The number of rotatable bonds is 4. The van der Waals surface area contributed by atoms with Crippen molar-refractivity contribution in [3.63, 3.8) is 0 Å². The molecule has 3 rings (SSSR count). The van der Waals surface area contributed by atoms with Crippen LogP contribution in [0.2, 0.25) is 0 Å². The third-order valence-corrected chi connectivity index (χ3v) is 4.02. The Morgan fingerprint density at radius 1 is 0.963 bits per heavy atom. The molecule has 0 radical (unpaired) electrons. The van der Waals surface area contributed by atoms with Crippen LogP contribution < -0.4 is 10.6 Å². The molecule has 0 aliphatic carbocycles. The number of nitrogens with one attached hydrogen (secondary N) is 2. The van der Waals surface area contributed by atoms with Crippen LogP contribution in [0.3, 0.4) is 0 Å². The first-order chi connectivity index (χ1) is 13.0. The molecule has 7 heteroatoms. The number of carbonyl (C=O) groups is 2. The van der Waals surface area contributed by atoms with Crippen LogP contribution in [-0.2, 0) is 9.59 Å². The van der Waals surface area contributed by atoms with Gasteiger partial charge < -0.3 is 15.7 Å². The Labute approximate surface area is 153 Å². The van der Waals surface area contributed by atoms with E-state index in [4.69, 9.17) is 0 Å². The smallest absolute Gasteiger partial charge is 0.313 e. The van der Waals surface area contributed by atoms with Crippen molar-refractivity contribution in [1.29, 1.82) is 0 Å². The summed E-state index contributed by atoms with van der Waals surface area (Å²) in [7, 11) is 0. The van der Waals surface area contributed by atoms with E-state index < -0.39 is 35.2 Å². The number of fused-ring (bicyclic) bond motifs is 1. The molecule has 0 aromatic heterocycles. The SMILES string of the molecule is O=C(NCC(O)c1cccc2ccccc12)C(=O)Nc1cc(F)ccc1F. The maximum absolute atomic E-state index is 13.5. The molecule has 2 amide bonds. The van der Waals surface area contributed by atoms with E-state index in [2.05, 4.69) is 5.32 Å². The lowest BCUT2D eigenvalue weighted by atomic mass is 10.0. The van der Waals surface area contributed by atoms with Gasteiger partial charge in [-0.3, -0.25) is 9.59 Å². The highest BCUT2D eigenvalue weighted by Gasteiger charge is 2.18. The van der Waals surface area contributed by atoms with Crippen LogP contribution >= 0.6 is 0 Å². The van der Waals surface area contributed by atoms with Gasteiger partial charge in [0, 0.05) is 12.6 Å². The molecule has 3 aromatic carbocycles. The molecule has 27 heavy (non-hydrogen) atoms. The number of aliphatic hydroxyl groups excluding tert-OH is 1. The molecule has 5 nitrogen and oxygen atoms in total. The number of halogens is 2. The number of amides is 2. The molecule has 0 heterocycles. The summed E-state index contributed by atoms with van der Waals surface area (Å²) in [6.07, 6.45) is -1.04. The number of benzene rings is 3. The van der Waals surface area contributed by atoms with E-state index >= 15 is 0 Å². The molecule has 1 unspecified atom stereocenters. The normalized spacial score (nSPS) is 11.8. The molecular formula is C20H16F2N2O3. The standard InChI is InChI=1S/C20H16F2N2O3/c21-13-8-9-16(22)17(10-13)24-20(27)19(26)23-11-18(25)15-7-3-5-12-4-1-2-6-14(12)15/h1-10,18,25H,11H2,(H,23,26)(H,24,27). The summed E-state index contributed by atoms with van der Waals surface area (Å²) in [4.78, 5) is 23.7. The van der Waals surface area contributed by atoms with Gasteiger partial charge in [-0.05, 0) is 28.5 Å². The summed E-state index contributed by atoms with van der Waals surface area (Å²) < 4.78 is 26.6. The van der Waals surface area contributed by atoms with Gasteiger partial charge in [-0.15, -0.1) is 0 Å². The summed E-state index contributed by atoms with van der Waals surface area (Å²) in [5, 5.41) is 16.4. The van der Waals surface area contributed by atoms with E-state index in [0.29, 0.717) is 5.56 Å². The van der Waals surface area contributed by atoms with Gasteiger partial charge in [-0.2, -0.15) is 0 Å². The lowest BCUT2D eigenvalue weighted by molar-refractivity contribution is -0.136. The second-order valence-electron chi connectivity index (χ2n) is 5.87. The second-order valence-corrected chi connectivity index (χ2v) is 5.87. The molecule has 3 aromatic rings. The summed E-state index contributed by atoms with van der Waals surface area (Å²) >= 11 is 0. The van der Waals surface area contributed by atoms with E-state index in [-0.39, 0.29) is 6.54 Å². The van der Waals surface area contributed by atoms with Crippen molar-refractivity contribution in [3.8, 4) is 0 Å². The van der Waals surface area contributed by atoms with Crippen molar-refractivity contribution in [3.05, 3.63) is 77.9 Å². The Bertz CT molecular complexity index is 1000. The number of carbonyl (C=O) groups excluding carboxylic acids is 2. The highest BCUT2D eigenvalue weighted by atomic mass is 19.1. The second kappa shape index (κ2) is 7.92. The minimum absolute atomic E-state index is 0.216. The van der Waals surface area contributed by atoms with E-state index in [1.807, 2.05) is 35.6 Å². The first kappa shape index (κ1) is 18.5. The maximum atomic E-state index is 13.5. The Morgan fingerprint density at radius 2 is 1.70 bits per heavy atom. The highest BCUT2D eigenvalue weighted by Crippen LogP contribution is 2.23. The van der Waals surface area contributed by atoms with Crippen molar-refractivity contribution in [2.75, 3.05) is 11.9 Å². The largest absolute Gasteiger partial charge is 0.387 e. The van der Waals surface area contributed by atoms with Crippen LogP contribution in [0.1, 0.15) is 11.7 Å². The Hall–Kier alpha value is -3.32. The molecule has 0 aliphatic heterocycles. The van der Waals surface area contributed by atoms with Crippen LogP contribution in [0.5, 0.6) is 0 Å². The van der Waals surface area contributed by atoms with Crippen molar-refractivity contribution in [2.45, 2.75) is 6.10 Å². The van der Waals surface area contributed by atoms with Crippen LogP contribution in [0.4, 0.5) is 14.5 Å². The van der Waals surface area contributed by atoms with E-state index in [1.54, 1.807) is 12.1 Å². The van der Waals surface area contributed by atoms with Gasteiger partial charge in [0.05, 0.1) is 11.8 Å². The molecule has 0 bridgehead atoms. The minimum atomic E-state index is -1.16. The van der Waals surface area contributed by atoms with Crippen molar-refractivity contribution < 1.29 is 23.5 Å². The topological polar surface area (TPSA) is 78.4 Å².